The second-order valence-electron chi connectivity index (χ2n) is 7.99. The summed E-state index contributed by atoms with van der Waals surface area (Å²) >= 11 is 0. The molecule has 0 saturated heterocycles. The highest BCUT2D eigenvalue weighted by Gasteiger charge is 2.29. The summed E-state index contributed by atoms with van der Waals surface area (Å²) in [6.07, 6.45) is 0.750. The van der Waals surface area contributed by atoms with E-state index >= 15 is 0 Å². The van der Waals surface area contributed by atoms with Gasteiger partial charge in [-0.3, -0.25) is 9.10 Å². The molecule has 1 amide bonds. The molecule has 3 aromatic rings. The van der Waals surface area contributed by atoms with Gasteiger partial charge in [-0.25, -0.2) is 8.42 Å². The van der Waals surface area contributed by atoms with E-state index in [1.54, 1.807) is 50.4 Å². The number of carbonyl (C=O) groups is 1. The van der Waals surface area contributed by atoms with Crippen LogP contribution in [-0.2, 0) is 21.2 Å². The van der Waals surface area contributed by atoms with E-state index in [0.29, 0.717) is 17.0 Å². The molecule has 0 aromatic heterocycles. The van der Waals surface area contributed by atoms with E-state index in [4.69, 9.17) is 4.74 Å². The lowest BCUT2D eigenvalue weighted by Crippen LogP contribution is -2.38. The van der Waals surface area contributed by atoms with Crippen LogP contribution in [-0.4, -0.2) is 28.0 Å². The van der Waals surface area contributed by atoms with Gasteiger partial charge in [0.2, 0.25) is 5.91 Å². The third-order valence-corrected chi connectivity index (χ3v) is 7.48. The Kier molecular flexibility index (Phi) is 7.43. The molecule has 174 valence electrons. The molecule has 0 aliphatic rings. The molecule has 3 aromatic carbocycles. The zero-order valence-electron chi connectivity index (χ0n) is 19.7. The van der Waals surface area contributed by atoms with Crippen molar-refractivity contribution < 1.29 is 17.9 Å². The molecule has 1 N–H and O–H groups in total. The molecule has 0 bridgehead atoms. The van der Waals surface area contributed by atoms with E-state index in [2.05, 4.69) is 5.32 Å². The molecule has 0 radical (unpaired) electrons. The maximum absolute atomic E-state index is 13.8. The third-order valence-electron chi connectivity index (χ3n) is 5.56. The van der Waals surface area contributed by atoms with Crippen LogP contribution < -0.4 is 14.4 Å². The van der Waals surface area contributed by atoms with Crippen LogP contribution in [0.1, 0.15) is 29.2 Å². The number of hydrogen-bond donors (Lipinski definition) is 1. The summed E-state index contributed by atoms with van der Waals surface area (Å²) in [4.78, 5) is 13.3. The third kappa shape index (κ3) is 5.37. The molecule has 0 heterocycles. The summed E-state index contributed by atoms with van der Waals surface area (Å²) in [5, 5.41) is 2.93. The van der Waals surface area contributed by atoms with Crippen LogP contribution in [0.4, 0.5) is 11.4 Å². The zero-order chi connectivity index (χ0) is 24.2. The normalized spacial score (nSPS) is 11.2. The second kappa shape index (κ2) is 10.1. The summed E-state index contributed by atoms with van der Waals surface area (Å²) in [6, 6.07) is 17.7. The molecule has 7 heteroatoms. The molecule has 0 spiro atoms. The second-order valence-corrected chi connectivity index (χ2v) is 9.82. The minimum Gasteiger partial charge on any atom is -0.497 e. The Morgan fingerprint density at radius 1 is 0.970 bits per heavy atom. The van der Waals surface area contributed by atoms with Crippen molar-refractivity contribution in [3.63, 3.8) is 0 Å². The first-order valence-corrected chi connectivity index (χ1v) is 12.2. The molecule has 0 fully saturated rings. The number of methoxy groups -OCH3 is 1. The Morgan fingerprint density at radius 3 is 2.30 bits per heavy atom. The molecule has 33 heavy (non-hydrogen) atoms. The smallest absolute Gasteiger partial charge is 0.265 e. The molecule has 3 rings (SSSR count). The predicted molar refractivity (Wildman–Crippen MR) is 133 cm³/mol. The lowest BCUT2D eigenvalue weighted by molar-refractivity contribution is -0.114. The van der Waals surface area contributed by atoms with Crippen molar-refractivity contribution in [2.75, 3.05) is 23.3 Å². The summed E-state index contributed by atoms with van der Waals surface area (Å²) < 4.78 is 33.9. The Bertz CT molecular complexity index is 1250. The Labute approximate surface area is 196 Å². The van der Waals surface area contributed by atoms with Crippen molar-refractivity contribution in [2.45, 2.75) is 39.0 Å². The molecular weight excluding hydrogens is 436 g/mol. The van der Waals surface area contributed by atoms with E-state index in [-0.39, 0.29) is 11.4 Å². The van der Waals surface area contributed by atoms with Gasteiger partial charge in [-0.1, -0.05) is 37.3 Å². The number of carbonyl (C=O) groups excluding carboxylic acids is 1. The highest BCUT2D eigenvalue weighted by Crippen LogP contribution is 2.28. The van der Waals surface area contributed by atoms with Crippen molar-refractivity contribution in [3.8, 4) is 5.75 Å². The Balaban J connectivity index is 2.02. The number of aryl methyl sites for hydroxylation is 4. The number of para-hydroxylation sites is 1. The quantitative estimate of drug-likeness (QED) is 0.506. The van der Waals surface area contributed by atoms with Gasteiger partial charge in [0.15, 0.2) is 0 Å². The van der Waals surface area contributed by atoms with Crippen LogP contribution in [0, 0.1) is 20.8 Å². The summed E-state index contributed by atoms with van der Waals surface area (Å²) in [5.41, 5.74) is 4.47. The number of benzene rings is 3. The first-order valence-electron chi connectivity index (χ1n) is 10.8. The van der Waals surface area contributed by atoms with Gasteiger partial charge in [-0.05, 0) is 79.8 Å². The monoisotopic (exact) mass is 466 g/mol. The highest BCUT2D eigenvalue weighted by molar-refractivity contribution is 7.93. The largest absolute Gasteiger partial charge is 0.497 e. The molecule has 0 saturated carbocycles. The van der Waals surface area contributed by atoms with Crippen LogP contribution in [0.25, 0.3) is 0 Å². The fraction of sp³-hybridized carbons (Fsp3) is 0.269. The van der Waals surface area contributed by atoms with Crippen LogP contribution >= 0.6 is 0 Å². The highest BCUT2D eigenvalue weighted by atomic mass is 32.2. The number of hydrogen-bond acceptors (Lipinski definition) is 4. The van der Waals surface area contributed by atoms with Crippen molar-refractivity contribution in [3.05, 3.63) is 82.9 Å². The van der Waals surface area contributed by atoms with E-state index in [0.717, 1.165) is 33.1 Å². The van der Waals surface area contributed by atoms with E-state index in [1.165, 1.54) is 0 Å². The number of sulfonamides is 1. The zero-order valence-corrected chi connectivity index (χ0v) is 20.5. The molecule has 0 unspecified atom stereocenters. The van der Waals surface area contributed by atoms with Gasteiger partial charge in [0, 0.05) is 5.69 Å². The number of nitrogens with one attached hydrogen (secondary N) is 1. The molecule has 0 aliphatic heterocycles. The van der Waals surface area contributed by atoms with Gasteiger partial charge in [-0.2, -0.15) is 0 Å². The fourth-order valence-corrected chi connectivity index (χ4v) is 5.41. The molecular formula is C26H30N2O4S. The minimum absolute atomic E-state index is 0.177. The van der Waals surface area contributed by atoms with E-state index < -0.39 is 15.9 Å². The lowest BCUT2D eigenvalue weighted by atomic mass is 10.1. The van der Waals surface area contributed by atoms with Crippen molar-refractivity contribution in [2.24, 2.45) is 0 Å². The first-order chi connectivity index (χ1) is 15.7. The van der Waals surface area contributed by atoms with Gasteiger partial charge >= 0.3 is 0 Å². The number of ether oxygens (including phenoxy) is 1. The first kappa shape index (κ1) is 24.3. The SMILES string of the molecule is CCc1cccc(C)c1NC(=O)CN(c1ccc(OC)cc1)S(=O)(=O)c1cc(C)ccc1C. The Morgan fingerprint density at radius 2 is 1.67 bits per heavy atom. The van der Waals surface area contributed by atoms with Crippen LogP contribution in [0.2, 0.25) is 0 Å². The number of amides is 1. The number of rotatable bonds is 8. The van der Waals surface area contributed by atoms with Crippen molar-refractivity contribution >= 4 is 27.3 Å². The van der Waals surface area contributed by atoms with E-state index in [1.807, 2.05) is 45.0 Å². The molecule has 0 aliphatic carbocycles. The average Bonchev–Trinajstić information content (AvgIpc) is 2.80. The lowest BCUT2D eigenvalue weighted by Gasteiger charge is -2.25. The van der Waals surface area contributed by atoms with Gasteiger partial charge in [-0.15, -0.1) is 0 Å². The van der Waals surface area contributed by atoms with Crippen molar-refractivity contribution in [1.82, 2.24) is 0 Å². The molecule has 0 atom stereocenters. The molecule has 6 nitrogen and oxygen atoms in total. The van der Waals surface area contributed by atoms with Gasteiger partial charge < -0.3 is 10.1 Å². The summed E-state index contributed by atoms with van der Waals surface area (Å²) in [7, 11) is -2.47. The van der Waals surface area contributed by atoms with Gasteiger partial charge in [0.05, 0.1) is 17.7 Å². The topological polar surface area (TPSA) is 75.7 Å². The van der Waals surface area contributed by atoms with Crippen LogP contribution in [0.5, 0.6) is 5.75 Å². The predicted octanol–water partition coefficient (Wildman–Crippen LogP) is 5.02. The maximum atomic E-state index is 13.8. The summed E-state index contributed by atoms with van der Waals surface area (Å²) in [5.74, 6) is 0.184. The van der Waals surface area contributed by atoms with Crippen LogP contribution in [0.15, 0.2) is 65.6 Å². The fourth-order valence-electron chi connectivity index (χ4n) is 3.68. The summed E-state index contributed by atoms with van der Waals surface area (Å²) in [6.45, 7) is 7.16. The van der Waals surface area contributed by atoms with Crippen LogP contribution in [0.3, 0.4) is 0 Å². The van der Waals surface area contributed by atoms with Crippen molar-refractivity contribution in [1.29, 1.82) is 0 Å². The Hall–Kier alpha value is -3.32. The number of nitrogens with zero attached hydrogens (tertiary/aromatic N) is 1. The number of anilines is 2. The van der Waals surface area contributed by atoms with E-state index in [9.17, 15) is 13.2 Å². The minimum atomic E-state index is -4.01. The van der Waals surface area contributed by atoms with Gasteiger partial charge in [0.1, 0.15) is 12.3 Å². The average molecular weight is 467 g/mol. The maximum Gasteiger partial charge on any atom is 0.265 e. The standard InChI is InChI=1S/C26H30N2O4S/c1-6-21-9-7-8-20(4)26(21)27-25(29)17-28(22-12-14-23(32-5)15-13-22)33(30,31)24-16-18(2)10-11-19(24)3/h7-16H,6,17H2,1-5H3,(H,27,29). The van der Waals surface area contributed by atoms with Gasteiger partial charge in [0.25, 0.3) is 10.0 Å².